The Bertz CT molecular complexity index is 1200. The fourth-order valence-corrected chi connectivity index (χ4v) is 4.35. The highest BCUT2D eigenvalue weighted by Gasteiger charge is 2.18. The Kier molecular flexibility index (Phi) is 10.4. The number of benzene rings is 3. The second-order valence-corrected chi connectivity index (χ2v) is 10.1. The van der Waals surface area contributed by atoms with Gasteiger partial charge in [0, 0.05) is 35.2 Å². The van der Waals surface area contributed by atoms with E-state index in [1.165, 1.54) is 0 Å². The molecule has 0 fully saturated rings. The number of para-hydroxylation sites is 1. The molecule has 8 heteroatoms. The van der Waals surface area contributed by atoms with Crippen molar-refractivity contribution >= 4 is 40.7 Å². The number of methoxy groups -OCH3 is 1. The average Bonchev–Trinajstić information content (AvgIpc) is 2.88. The number of rotatable bonds is 10. The maximum absolute atomic E-state index is 13.2. The van der Waals surface area contributed by atoms with Crippen molar-refractivity contribution in [3.8, 4) is 5.75 Å². The van der Waals surface area contributed by atoms with Gasteiger partial charge in [-0.15, -0.1) is 0 Å². The monoisotopic (exact) mass is 536 g/mol. The van der Waals surface area contributed by atoms with Crippen molar-refractivity contribution < 1.29 is 14.3 Å². The molecule has 3 aromatic rings. The molecule has 3 N–H and O–H groups in total. The Labute approximate surface area is 230 Å². The van der Waals surface area contributed by atoms with E-state index in [1.54, 1.807) is 48.4 Å². The zero-order valence-corrected chi connectivity index (χ0v) is 23.4. The highest BCUT2D eigenvalue weighted by molar-refractivity contribution is 6.30. The van der Waals surface area contributed by atoms with Crippen molar-refractivity contribution in [2.75, 3.05) is 35.7 Å². The van der Waals surface area contributed by atoms with Gasteiger partial charge in [0.25, 0.3) is 0 Å². The Balaban J connectivity index is 1.65. The number of amides is 4. The van der Waals surface area contributed by atoms with Crippen molar-refractivity contribution in [1.82, 2.24) is 5.32 Å². The van der Waals surface area contributed by atoms with Gasteiger partial charge in [-0.2, -0.15) is 0 Å². The van der Waals surface area contributed by atoms with Crippen molar-refractivity contribution in [3.05, 3.63) is 82.9 Å². The van der Waals surface area contributed by atoms with Gasteiger partial charge < -0.3 is 20.7 Å². The van der Waals surface area contributed by atoms with Gasteiger partial charge in [0.2, 0.25) is 0 Å². The van der Waals surface area contributed by atoms with Crippen molar-refractivity contribution in [2.24, 2.45) is 0 Å². The molecular formula is C30H37ClN4O3. The third kappa shape index (κ3) is 7.89. The highest BCUT2D eigenvalue weighted by Crippen LogP contribution is 2.32. The van der Waals surface area contributed by atoms with Crippen LogP contribution in [-0.4, -0.2) is 32.3 Å². The van der Waals surface area contributed by atoms with Gasteiger partial charge in [-0.3, -0.25) is 4.90 Å². The lowest BCUT2D eigenvalue weighted by Gasteiger charge is -2.24. The molecule has 0 heterocycles. The Morgan fingerprint density at radius 1 is 0.895 bits per heavy atom. The topological polar surface area (TPSA) is 82.7 Å². The van der Waals surface area contributed by atoms with Crippen LogP contribution in [0.15, 0.2) is 66.7 Å². The molecule has 0 atom stereocenters. The lowest BCUT2D eigenvalue weighted by molar-refractivity contribution is 0.252. The number of nitrogens with zero attached hydrogens (tertiary/aromatic N) is 1. The van der Waals surface area contributed by atoms with Gasteiger partial charge in [0.15, 0.2) is 0 Å². The van der Waals surface area contributed by atoms with Gasteiger partial charge in [0.05, 0.1) is 7.11 Å². The lowest BCUT2D eigenvalue weighted by atomic mass is 9.93. The summed E-state index contributed by atoms with van der Waals surface area (Å²) in [6.45, 7) is 9.24. The van der Waals surface area contributed by atoms with Gasteiger partial charge in [-0.1, -0.05) is 63.6 Å². The third-order valence-electron chi connectivity index (χ3n) is 6.16. The molecule has 7 nitrogen and oxygen atoms in total. The van der Waals surface area contributed by atoms with E-state index in [0.717, 1.165) is 16.8 Å². The molecule has 38 heavy (non-hydrogen) atoms. The number of hydrogen-bond acceptors (Lipinski definition) is 3. The molecule has 0 saturated carbocycles. The molecular weight excluding hydrogens is 500 g/mol. The number of urea groups is 2. The molecule has 0 aromatic heterocycles. The van der Waals surface area contributed by atoms with Crippen LogP contribution >= 0.6 is 11.6 Å². The molecule has 0 saturated heterocycles. The molecule has 0 aliphatic rings. The Morgan fingerprint density at radius 3 is 2.11 bits per heavy atom. The van der Waals surface area contributed by atoms with Gasteiger partial charge >= 0.3 is 12.1 Å². The summed E-state index contributed by atoms with van der Waals surface area (Å²) in [6, 6.07) is 19.8. The average molecular weight is 537 g/mol. The van der Waals surface area contributed by atoms with Crippen LogP contribution in [0.2, 0.25) is 5.02 Å². The second kappa shape index (κ2) is 13.7. The molecule has 0 aliphatic carbocycles. The number of ether oxygens (including phenoxy) is 1. The Hall–Kier alpha value is -3.71. The maximum atomic E-state index is 13.2. The minimum atomic E-state index is -0.297. The quantitative estimate of drug-likeness (QED) is 0.231. The normalized spacial score (nSPS) is 10.8. The van der Waals surface area contributed by atoms with E-state index in [9.17, 15) is 9.59 Å². The first-order valence-electron chi connectivity index (χ1n) is 12.9. The summed E-state index contributed by atoms with van der Waals surface area (Å²) in [5.41, 5.74) is 4.39. The molecule has 0 bridgehead atoms. The van der Waals surface area contributed by atoms with E-state index in [0.29, 0.717) is 41.7 Å². The molecule has 4 amide bonds. The largest absolute Gasteiger partial charge is 0.497 e. The van der Waals surface area contributed by atoms with Gasteiger partial charge in [-0.05, 0) is 71.8 Å². The van der Waals surface area contributed by atoms with Crippen LogP contribution < -0.4 is 25.6 Å². The fraction of sp³-hybridized carbons (Fsp3) is 0.333. The molecule has 0 spiro atoms. The van der Waals surface area contributed by atoms with E-state index in [1.807, 2.05) is 18.2 Å². The number of anilines is 3. The van der Waals surface area contributed by atoms with Crippen molar-refractivity contribution in [1.29, 1.82) is 0 Å². The number of carbonyl (C=O) groups is 2. The first-order chi connectivity index (χ1) is 18.2. The van der Waals surface area contributed by atoms with E-state index >= 15 is 0 Å². The van der Waals surface area contributed by atoms with Gasteiger partial charge in [0.1, 0.15) is 5.75 Å². The van der Waals surface area contributed by atoms with E-state index in [-0.39, 0.29) is 23.9 Å². The minimum absolute atomic E-state index is 0.264. The standard InChI is InChI=1S/C30H37ClN4O3/c1-20(2)26-11-7-12-27(21(3)4)28(26)34-29(36)32-17-8-18-35(24-13-15-25(38-5)16-14-24)30(37)33-23-10-6-9-22(31)19-23/h6-7,9-16,19-21H,8,17-18H2,1-5H3,(H,33,37)(H2,32,34,36). The Morgan fingerprint density at radius 2 is 1.53 bits per heavy atom. The molecule has 3 aromatic carbocycles. The maximum Gasteiger partial charge on any atom is 0.326 e. The summed E-state index contributed by atoms with van der Waals surface area (Å²) >= 11 is 6.08. The summed E-state index contributed by atoms with van der Waals surface area (Å²) in [7, 11) is 1.60. The van der Waals surface area contributed by atoms with Gasteiger partial charge in [-0.25, -0.2) is 9.59 Å². The summed E-state index contributed by atoms with van der Waals surface area (Å²) in [5, 5.41) is 9.44. The minimum Gasteiger partial charge on any atom is -0.497 e. The van der Waals surface area contributed by atoms with Crippen LogP contribution in [0.25, 0.3) is 0 Å². The molecule has 0 aliphatic heterocycles. The van der Waals surface area contributed by atoms with Crippen LogP contribution in [0.4, 0.5) is 26.7 Å². The third-order valence-corrected chi connectivity index (χ3v) is 6.40. The molecule has 0 radical (unpaired) electrons. The molecule has 3 rings (SSSR count). The van der Waals surface area contributed by atoms with E-state index in [4.69, 9.17) is 16.3 Å². The van der Waals surface area contributed by atoms with E-state index in [2.05, 4.69) is 55.8 Å². The van der Waals surface area contributed by atoms with Crippen LogP contribution in [-0.2, 0) is 0 Å². The fourth-order valence-electron chi connectivity index (χ4n) is 4.16. The number of halogens is 1. The molecule has 0 unspecified atom stereocenters. The molecule has 202 valence electrons. The van der Waals surface area contributed by atoms with Crippen molar-refractivity contribution in [2.45, 2.75) is 46.0 Å². The summed E-state index contributed by atoms with van der Waals surface area (Å²) in [4.78, 5) is 27.6. The zero-order valence-electron chi connectivity index (χ0n) is 22.7. The predicted molar refractivity (Wildman–Crippen MR) is 157 cm³/mol. The second-order valence-electron chi connectivity index (χ2n) is 9.65. The van der Waals surface area contributed by atoms with Crippen LogP contribution in [0.3, 0.4) is 0 Å². The van der Waals surface area contributed by atoms with E-state index < -0.39 is 0 Å². The summed E-state index contributed by atoms with van der Waals surface area (Å²) in [6.07, 6.45) is 0.547. The SMILES string of the molecule is COc1ccc(N(CCCNC(=O)Nc2c(C(C)C)cccc2C(C)C)C(=O)Nc2cccc(Cl)c2)cc1. The lowest BCUT2D eigenvalue weighted by Crippen LogP contribution is -2.38. The zero-order chi connectivity index (χ0) is 27.7. The number of nitrogens with one attached hydrogen (secondary N) is 3. The first-order valence-corrected chi connectivity index (χ1v) is 13.2. The first kappa shape index (κ1) is 28.9. The van der Waals surface area contributed by atoms with Crippen LogP contribution in [0, 0.1) is 0 Å². The van der Waals surface area contributed by atoms with Crippen LogP contribution in [0.1, 0.15) is 57.1 Å². The number of carbonyl (C=O) groups excluding carboxylic acids is 2. The number of hydrogen-bond donors (Lipinski definition) is 3. The highest BCUT2D eigenvalue weighted by atomic mass is 35.5. The summed E-state index contributed by atoms with van der Waals surface area (Å²) < 4.78 is 5.25. The predicted octanol–water partition coefficient (Wildman–Crippen LogP) is 7.85. The van der Waals surface area contributed by atoms with Crippen molar-refractivity contribution in [3.63, 3.8) is 0 Å². The summed E-state index contributed by atoms with van der Waals surface area (Å²) in [5.74, 6) is 1.25. The smallest absolute Gasteiger partial charge is 0.326 e. The van der Waals surface area contributed by atoms with Crippen LogP contribution in [0.5, 0.6) is 5.75 Å².